The number of hydrogen-bond acceptors (Lipinski definition) is 4. The van der Waals surface area contributed by atoms with Crippen LogP contribution in [0.5, 0.6) is 0 Å². The van der Waals surface area contributed by atoms with E-state index >= 15 is 0 Å². The maximum Gasteiger partial charge on any atom is 0.113 e. The second-order valence-corrected chi connectivity index (χ2v) is 5.63. The predicted molar refractivity (Wildman–Crippen MR) is 64.3 cm³/mol. The lowest BCUT2D eigenvalue weighted by Crippen LogP contribution is -2.32. The van der Waals surface area contributed by atoms with Crippen molar-refractivity contribution < 1.29 is 0 Å². The number of rotatable bonds is 3. The summed E-state index contributed by atoms with van der Waals surface area (Å²) in [7, 11) is 0. The minimum atomic E-state index is 0.207. The van der Waals surface area contributed by atoms with Crippen LogP contribution in [-0.2, 0) is 0 Å². The Labute approximate surface area is 99.2 Å². The molecule has 15 heavy (non-hydrogen) atoms. The van der Waals surface area contributed by atoms with Gasteiger partial charge in [-0.05, 0) is 19.4 Å². The summed E-state index contributed by atoms with van der Waals surface area (Å²) in [5.41, 5.74) is 6.12. The molecule has 0 saturated carbocycles. The Balaban J connectivity index is 2.17. The van der Waals surface area contributed by atoms with E-state index in [4.69, 9.17) is 17.3 Å². The molecule has 84 valence electrons. The van der Waals surface area contributed by atoms with E-state index in [2.05, 4.69) is 16.8 Å². The fraction of sp³-hybridized carbons (Fsp3) is 0.700. The van der Waals surface area contributed by atoms with E-state index in [0.29, 0.717) is 0 Å². The van der Waals surface area contributed by atoms with Gasteiger partial charge in [-0.15, -0.1) is 11.3 Å². The zero-order valence-corrected chi connectivity index (χ0v) is 10.4. The Hall–Kier alpha value is -0.160. The number of halogens is 1. The molecular formula is C10H16ClN3S. The molecule has 0 radical (unpaired) electrons. The van der Waals surface area contributed by atoms with Crippen molar-refractivity contribution in [1.82, 2.24) is 9.88 Å². The van der Waals surface area contributed by atoms with Gasteiger partial charge >= 0.3 is 0 Å². The third kappa shape index (κ3) is 2.33. The summed E-state index contributed by atoms with van der Waals surface area (Å²) in [6.07, 6.45) is 3.93. The van der Waals surface area contributed by atoms with Gasteiger partial charge in [-0.3, -0.25) is 4.90 Å². The maximum atomic E-state index is 6.12. The van der Waals surface area contributed by atoms with E-state index in [1.54, 1.807) is 17.5 Å². The Bertz CT molecular complexity index is 326. The standard InChI is InChI=1S/C10H16ClN3S/c1-2-4-14-5-3-7(12)9(14)10-13-6-8(11)15-10/h6-7,9H,2-5,12H2,1H3. The highest BCUT2D eigenvalue weighted by Gasteiger charge is 2.34. The van der Waals surface area contributed by atoms with Crippen LogP contribution in [0.15, 0.2) is 6.20 Å². The Morgan fingerprint density at radius 3 is 3.13 bits per heavy atom. The molecule has 2 N–H and O–H groups in total. The molecule has 5 heteroatoms. The van der Waals surface area contributed by atoms with Crippen molar-refractivity contribution in [3.05, 3.63) is 15.5 Å². The Morgan fingerprint density at radius 1 is 1.73 bits per heavy atom. The van der Waals surface area contributed by atoms with E-state index in [1.807, 2.05) is 0 Å². The molecular weight excluding hydrogens is 230 g/mol. The highest BCUT2D eigenvalue weighted by molar-refractivity contribution is 7.15. The van der Waals surface area contributed by atoms with Crippen molar-refractivity contribution in [2.45, 2.75) is 31.8 Å². The molecule has 0 amide bonds. The minimum Gasteiger partial charge on any atom is -0.326 e. The molecule has 1 aromatic heterocycles. The Morgan fingerprint density at radius 2 is 2.53 bits per heavy atom. The first-order valence-electron chi connectivity index (χ1n) is 5.33. The average Bonchev–Trinajstić information content (AvgIpc) is 2.74. The van der Waals surface area contributed by atoms with Gasteiger partial charge in [0.15, 0.2) is 0 Å². The zero-order valence-electron chi connectivity index (χ0n) is 8.82. The van der Waals surface area contributed by atoms with Gasteiger partial charge in [-0.1, -0.05) is 18.5 Å². The van der Waals surface area contributed by atoms with Crippen LogP contribution in [0.25, 0.3) is 0 Å². The van der Waals surface area contributed by atoms with Crippen LogP contribution in [-0.4, -0.2) is 29.0 Å². The summed E-state index contributed by atoms with van der Waals surface area (Å²) >= 11 is 7.46. The number of aromatic nitrogens is 1. The number of likely N-dealkylation sites (tertiary alicyclic amines) is 1. The first-order chi connectivity index (χ1) is 7.22. The molecule has 0 aliphatic carbocycles. The van der Waals surface area contributed by atoms with Crippen LogP contribution >= 0.6 is 22.9 Å². The Kier molecular flexibility index (Phi) is 3.61. The lowest BCUT2D eigenvalue weighted by molar-refractivity contribution is 0.248. The third-order valence-electron chi connectivity index (χ3n) is 2.81. The van der Waals surface area contributed by atoms with Gasteiger partial charge in [0.2, 0.25) is 0 Å². The van der Waals surface area contributed by atoms with Gasteiger partial charge in [0.1, 0.15) is 9.34 Å². The molecule has 1 aromatic rings. The smallest absolute Gasteiger partial charge is 0.113 e. The second-order valence-electron chi connectivity index (χ2n) is 3.94. The summed E-state index contributed by atoms with van der Waals surface area (Å²) in [5, 5.41) is 1.07. The van der Waals surface area contributed by atoms with Crippen LogP contribution < -0.4 is 5.73 Å². The third-order valence-corrected chi connectivity index (χ3v) is 3.99. The van der Waals surface area contributed by atoms with Crippen molar-refractivity contribution >= 4 is 22.9 Å². The molecule has 1 fully saturated rings. The normalized spacial score (nSPS) is 27.4. The monoisotopic (exact) mass is 245 g/mol. The molecule has 0 spiro atoms. The predicted octanol–water partition coefficient (Wildman–Crippen LogP) is 2.28. The summed E-state index contributed by atoms with van der Waals surface area (Å²) in [4.78, 5) is 6.76. The average molecular weight is 246 g/mol. The van der Waals surface area contributed by atoms with Gasteiger partial charge in [-0.2, -0.15) is 0 Å². The van der Waals surface area contributed by atoms with E-state index in [-0.39, 0.29) is 12.1 Å². The number of thiazole rings is 1. The van der Waals surface area contributed by atoms with Crippen molar-refractivity contribution in [1.29, 1.82) is 0 Å². The lowest BCUT2D eigenvalue weighted by atomic mass is 10.1. The molecule has 0 aromatic carbocycles. The fourth-order valence-electron chi connectivity index (χ4n) is 2.16. The van der Waals surface area contributed by atoms with E-state index in [0.717, 1.165) is 35.3 Å². The van der Waals surface area contributed by atoms with E-state index in [9.17, 15) is 0 Å². The highest BCUT2D eigenvalue weighted by Crippen LogP contribution is 2.34. The first-order valence-corrected chi connectivity index (χ1v) is 6.52. The summed E-state index contributed by atoms with van der Waals surface area (Å²) in [6.45, 7) is 4.36. The quantitative estimate of drug-likeness (QED) is 0.889. The molecule has 2 rings (SSSR count). The molecule has 3 nitrogen and oxygen atoms in total. The van der Waals surface area contributed by atoms with Gasteiger partial charge < -0.3 is 5.73 Å². The van der Waals surface area contributed by atoms with Crippen molar-refractivity contribution in [2.75, 3.05) is 13.1 Å². The topological polar surface area (TPSA) is 42.1 Å². The van der Waals surface area contributed by atoms with Crippen molar-refractivity contribution in [3.8, 4) is 0 Å². The van der Waals surface area contributed by atoms with Gasteiger partial charge in [0, 0.05) is 12.6 Å². The van der Waals surface area contributed by atoms with Crippen LogP contribution in [0, 0.1) is 0 Å². The maximum absolute atomic E-state index is 6.12. The van der Waals surface area contributed by atoms with E-state index in [1.165, 1.54) is 0 Å². The van der Waals surface area contributed by atoms with Crippen molar-refractivity contribution in [2.24, 2.45) is 5.73 Å². The number of nitrogens with two attached hydrogens (primary N) is 1. The molecule has 1 saturated heterocycles. The van der Waals surface area contributed by atoms with E-state index < -0.39 is 0 Å². The van der Waals surface area contributed by atoms with Crippen LogP contribution in [0.1, 0.15) is 30.8 Å². The summed E-state index contributed by atoms with van der Waals surface area (Å²) < 4.78 is 0.751. The zero-order chi connectivity index (χ0) is 10.8. The van der Waals surface area contributed by atoms with Crippen LogP contribution in [0.4, 0.5) is 0 Å². The molecule has 2 heterocycles. The van der Waals surface area contributed by atoms with Crippen LogP contribution in [0.3, 0.4) is 0 Å². The van der Waals surface area contributed by atoms with Gasteiger partial charge in [0.05, 0.1) is 12.2 Å². The van der Waals surface area contributed by atoms with Gasteiger partial charge in [-0.25, -0.2) is 4.98 Å². The first kappa shape index (κ1) is 11.3. The fourth-order valence-corrected chi connectivity index (χ4v) is 3.30. The second kappa shape index (κ2) is 4.78. The minimum absolute atomic E-state index is 0.207. The molecule has 1 aliphatic rings. The molecule has 1 aliphatic heterocycles. The molecule has 2 atom stereocenters. The summed E-state index contributed by atoms with van der Waals surface area (Å²) in [5.74, 6) is 0. The highest BCUT2D eigenvalue weighted by atomic mass is 35.5. The van der Waals surface area contributed by atoms with Crippen LogP contribution in [0.2, 0.25) is 4.34 Å². The number of hydrogen-bond donors (Lipinski definition) is 1. The van der Waals surface area contributed by atoms with Crippen molar-refractivity contribution in [3.63, 3.8) is 0 Å². The van der Waals surface area contributed by atoms with Gasteiger partial charge in [0.25, 0.3) is 0 Å². The molecule has 2 unspecified atom stereocenters. The lowest BCUT2D eigenvalue weighted by Gasteiger charge is -2.24. The summed E-state index contributed by atoms with van der Waals surface area (Å²) in [6, 6.07) is 0.487. The molecule has 0 bridgehead atoms. The largest absolute Gasteiger partial charge is 0.326 e. The number of nitrogens with zero attached hydrogens (tertiary/aromatic N) is 2. The SMILES string of the molecule is CCCN1CCC(N)C1c1ncc(Cl)s1.